The molecule has 1 amide bonds. The average Bonchev–Trinajstić information content (AvgIpc) is 2.75. The minimum absolute atomic E-state index is 0.125. The monoisotopic (exact) mass is 441 g/mol. The van der Waals surface area contributed by atoms with E-state index in [2.05, 4.69) is 10.3 Å². The van der Waals surface area contributed by atoms with Gasteiger partial charge in [0.25, 0.3) is 5.56 Å². The quantitative estimate of drug-likeness (QED) is 0.474. The van der Waals surface area contributed by atoms with Crippen LogP contribution >= 0.6 is 23.4 Å². The third kappa shape index (κ3) is 3.95. The summed E-state index contributed by atoms with van der Waals surface area (Å²) in [5.41, 5.74) is 1.98. The van der Waals surface area contributed by atoms with Gasteiger partial charge in [0.2, 0.25) is 5.91 Å². The molecule has 1 unspecified atom stereocenters. The summed E-state index contributed by atoms with van der Waals surface area (Å²) in [7, 11) is 1.80. The van der Waals surface area contributed by atoms with E-state index < -0.39 is 0 Å². The molecule has 0 aliphatic carbocycles. The summed E-state index contributed by atoms with van der Waals surface area (Å²) in [6.07, 6.45) is 2.04. The Morgan fingerprint density at radius 1 is 1.20 bits per heavy atom. The maximum absolute atomic E-state index is 12.7. The molecule has 2 aromatic carbocycles. The van der Waals surface area contributed by atoms with Crippen molar-refractivity contribution in [3.8, 4) is 5.75 Å². The number of nitrogens with zero attached hydrogens (tertiary/aromatic N) is 2. The summed E-state index contributed by atoms with van der Waals surface area (Å²) in [6.45, 7) is 0.357. The van der Waals surface area contributed by atoms with Gasteiger partial charge in [0.1, 0.15) is 18.2 Å². The van der Waals surface area contributed by atoms with Crippen LogP contribution in [0.4, 0.5) is 5.82 Å². The van der Waals surface area contributed by atoms with E-state index in [-0.39, 0.29) is 23.8 Å². The number of hydrogen-bond acceptors (Lipinski definition) is 5. The third-order valence-corrected chi connectivity index (χ3v) is 6.22. The number of carbonyl (C=O) groups excluding carboxylic acids is 1. The van der Waals surface area contributed by atoms with E-state index in [0.29, 0.717) is 33.9 Å². The number of fused-ring (bicyclic) bond motifs is 1. The van der Waals surface area contributed by atoms with Gasteiger partial charge in [-0.05, 0) is 30.0 Å². The predicted octanol–water partition coefficient (Wildman–Crippen LogP) is 4.21. The summed E-state index contributed by atoms with van der Waals surface area (Å²) >= 11 is 7.53. The van der Waals surface area contributed by atoms with Gasteiger partial charge in [0.05, 0.1) is 5.56 Å². The number of nitrogens with one attached hydrogen (secondary N) is 1. The van der Waals surface area contributed by atoms with E-state index in [1.165, 1.54) is 11.8 Å². The van der Waals surface area contributed by atoms with Crippen molar-refractivity contribution in [2.75, 3.05) is 11.6 Å². The smallest absolute Gasteiger partial charge is 0.279 e. The van der Waals surface area contributed by atoms with Gasteiger partial charge in [0, 0.05) is 30.0 Å². The highest BCUT2D eigenvalue weighted by Crippen LogP contribution is 2.36. The number of thioether (sulfide) groups is 1. The van der Waals surface area contributed by atoms with Crippen LogP contribution in [0.3, 0.4) is 0 Å². The molecule has 0 fully saturated rings. The number of carbonyl (C=O) groups is 1. The van der Waals surface area contributed by atoms with Gasteiger partial charge in [-0.15, -0.1) is 0 Å². The van der Waals surface area contributed by atoms with Gasteiger partial charge in [0.15, 0.2) is 5.16 Å². The summed E-state index contributed by atoms with van der Waals surface area (Å²) in [5.74, 6) is 0.718. The molecule has 3 aromatic rings. The maximum Gasteiger partial charge on any atom is 0.279 e. The van der Waals surface area contributed by atoms with Crippen molar-refractivity contribution >= 4 is 35.1 Å². The summed E-state index contributed by atoms with van der Waals surface area (Å²) in [5, 5.41) is 4.05. The molecule has 2 heterocycles. The van der Waals surface area contributed by atoms with E-state index in [9.17, 15) is 9.59 Å². The van der Waals surface area contributed by atoms with Crippen LogP contribution < -0.4 is 15.6 Å². The highest BCUT2D eigenvalue weighted by atomic mass is 35.5. The molecule has 4 rings (SSSR count). The first-order chi connectivity index (χ1) is 14.5. The highest BCUT2D eigenvalue weighted by Gasteiger charge is 2.31. The van der Waals surface area contributed by atoms with Crippen LogP contribution in [0.2, 0.25) is 5.02 Å². The fourth-order valence-electron chi connectivity index (χ4n) is 3.58. The van der Waals surface area contributed by atoms with Gasteiger partial charge < -0.3 is 14.6 Å². The van der Waals surface area contributed by atoms with Crippen molar-refractivity contribution in [1.29, 1.82) is 0 Å². The number of aromatic nitrogens is 2. The Morgan fingerprint density at radius 3 is 2.63 bits per heavy atom. The lowest BCUT2D eigenvalue weighted by Crippen LogP contribution is -2.33. The molecule has 6 nitrogen and oxygen atoms in total. The van der Waals surface area contributed by atoms with Crippen molar-refractivity contribution in [2.45, 2.75) is 24.1 Å². The average molecular weight is 442 g/mol. The molecule has 30 heavy (non-hydrogen) atoms. The van der Waals surface area contributed by atoms with Crippen molar-refractivity contribution < 1.29 is 9.53 Å². The molecule has 0 bridgehead atoms. The van der Waals surface area contributed by atoms with E-state index in [0.717, 1.165) is 11.1 Å². The first kappa shape index (κ1) is 20.5. The fourth-order valence-corrected chi connectivity index (χ4v) is 4.31. The molecule has 0 radical (unpaired) electrons. The molecule has 8 heteroatoms. The number of benzene rings is 2. The van der Waals surface area contributed by atoms with Crippen LogP contribution in [0.1, 0.15) is 29.0 Å². The van der Waals surface area contributed by atoms with Crippen LogP contribution in [0.25, 0.3) is 0 Å². The second kappa shape index (κ2) is 8.53. The molecule has 1 N–H and O–H groups in total. The summed E-state index contributed by atoms with van der Waals surface area (Å²) in [4.78, 5) is 29.2. The van der Waals surface area contributed by atoms with E-state index in [1.807, 2.05) is 54.8 Å². The number of hydrogen-bond donors (Lipinski definition) is 1. The van der Waals surface area contributed by atoms with Gasteiger partial charge >= 0.3 is 0 Å². The zero-order valence-corrected chi connectivity index (χ0v) is 18.1. The second-order valence-electron chi connectivity index (χ2n) is 6.98. The minimum Gasteiger partial charge on any atom is -0.489 e. The van der Waals surface area contributed by atoms with Crippen LogP contribution in [0.15, 0.2) is 58.5 Å². The lowest BCUT2D eigenvalue weighted by Gasteiger charge is -2.27. The SMILES string of the molecule is CSc1nc(=O)c2c(n1C)NC(=O)CC2c1ccc(OCc2ccccc2Cl)cc1. The summed E-state index contributed by atoms with van der Waals surface area (Å²) < 4.78 is 7.59. The first-order valence-corrected chi connectivity index (χ1v) is 11.0. The molecule has 0 spiro atoms. The minimum atomic E-state index is -0.353. The van der Waals surface area contributed by atoms with Crippen LogP contribution in [0.5, 0.6) is 5.75 Å². The van der Waals surface area contributed by atoms with Crippen LogP contribution in [-0.4, -0.2) is 21.7 Å². The van der Waals surface area contributed by atoms with E-state index in [4.69, 9.17) is 16.3 Å². The highest BCUT2D eigenvalue weighted by molar-refractivity contribution is 7.98. The van der Waals surface area contributed by atoms with Crippen molar-refractivity contribution in [1.82, 2.24) is 9.55 Å². The Bertz CT molecular complexity index is 1160. The number of rotatable bonds is 5. The Labute approximate surface area is 183 Å². The molecule has 1 aromatic heterocycles. The fraction of sp³-hybridized carbons (Fsp3) is 0.227. The Hall–Kier alpha value is -2.77. The Morgan fingerprint density at radius 2 is 1.93 bits per heavy atom. The molecule has 1 atom stereocenters. The molecule has 154 valence electrons. The lowest BCUT2D eigenvalue weighted by atomic mass is 9.87. The van der Waals surface area contributed by atoms with Crippen LogP contribution in [-0.2, 0) is 18.4 Å². The second-order valence-corrected chi connectivity index (χ2v) is 8.16. The normalized spacial score (nSPS) is 15.4. The lowest BCUT2D eigenvalue weighted by molar-refractivity contribution is -0.116. The van der Waals surface area contributed by atoms with Gasteiger partial charge in [-0.25, -0.2) is 0 Å². The largest absolute Gasteiger partial charge is 0.489 e. The Kier molecular flexibility index (Phi) is 5.83. The zero-order chi connectivity index (χ0) is 21.3. The number of amides is 1. The summed E-state index contributed by atoms with van der Waals surface area (Å²) in [6, 6.07) is 15.0. The third-order valence-electron chi connectivity index (χ3n) is 5.12. The molecule has 0 saturated heterocycles. The molecule has 0 saturated carbocycles. The van der Waals surface area contributed by atoms with E-state index in [1.54, 1.807) is 11.6 Å². The maximum atomic E-state index is 12.7. The van der Waals surface area contributed by atoms with Crippen molar-refractivity contribution in [3.05, 3.63) is 80.6 Å². The molecule has 1 aliphatic rings. The molecular formula is C22H20ClN3O3S. The zero-order valence-electron chi connectivity index (χ0n) is 16.5. The number of halogens is 1. The number of ether oxygens (including phenoxy) is 1. The first-order valence-electron chi connectivity index (χ1n) is 9.39. The predicted molar refractivity (Wildman–Crippen MR) is 119 cm³/mol. The van der Waals surface area contributed by atoms with Crippen molar-refractivity contribution in [2.24, 2.45) is 7.05 Å². The Balaban J connectivity index is 1.61. The topological polar surface area (TPSA) is 73.2 Å². The van der Waals surface area contributed by atoms with Gasteiger partial charge in [-0.3, -0.25) is 9.59 Å². The van der Waals surface area contributed by atoms with Crippen molar-refractivity contribution in [3.63, 3.8) is 0 Å². The van der Waals surface area contributed by atoms with Gasteiger partial charge in [-0.1, -0.05) is 53.7 Å². The number of anilines is 1. The molecule has 1 aliphatic heterocycles. The van der Waals surface area contributed by atoms with Gasteiger partial charge in [-0.2, -0.15) is 4.98 Å². The van der Waals surface area contributed by atoms with E-state index >= 15 is 0 Å². The standard InChI is InChI=1S/C22H20ClN3O3S/c1-26-20-19(21(28)25-22(26)30-2)16(11-18(27)24-20)13-7-9-15(10-8-13)29-12-14-5-3-4-6-17(14)23/h3-10,16H,11-12H2,1-2H3,(H,24,27). The van der Waals surface area contributed by atoms with Crippen LogP contribution in [0, 0.1) is 0 Å². The molecular weight excluding hydrogens is 422 g/mol.